The van der Waals surface area contributed by atoms with Gasteiger partial charge in [0, 0.05) is 31.1 Å². The van der Waals surface area contributed by atoms with Gasteiger partial charge >= 0.3 is 0 Å². The van der Waals surface area contributed by atoms with E-state index in [4.69, 9.17) is 4.74 Å². The number of nitrogens with one attached hydrogen (secondary N) is 1. The highest BCUT2D eigenvalue weighted by molar-refractivity contribution is 5.41. The summed E-state index contributed by atoms with van der Waals surface area (Å²) in [7, 11) is 0. The fourth-order valence-corrected chi connectivity index (χ4v) is 1.74. The molecule has 1 atom stereocenters. The van der Waals surface area contributed by atoms with E-state index < -0.39 is 5.95 Å². The van der Waals surface area contributed by atoms with E-state index in [-0.39, 0.29) is 0 Å². The van der Waals surface area contributed by atoms with Crippen LogP contribution < -0.4 is 5.32 Å². The first-order valence-electron chi connectivity index (χ1n) is 5.28. The van der Waals surface area contributed by atoms with Crippen LogP contribution in [0.1, 0.15) is 12.8 Å². The Morgan fingerprint density at radius 3 is 3.27 bits per heavy atom. The molecule has 0 spiro atoms. The van der Waals surface area contributed by atoms with Gasteiger partial charge in [-0.25, -0.2) is 4.98 Å². The van der Waals surface area contributed by atoms with Crippen LogP contribution in [0.3, 0.4) is 0 Å². The molecule has 1 aromatic rings. The molecule has 1 aliphatic rings. The molecule has 1 fully saturated rings. The summed E-state index contributed by atoms with van der Waals surface area (Å²) in [4.78, 5) is 3.50. The summed E-state index contributed by atoms with van der Waals surface area (Å²) >= 11 is 0. The Labute approximate surface area is 88.7 Å². The lowest BCUT2D eigenvalue weighted by atomic mass is 10.0. The fourth-order valence-electron chi connectivity index (χ4n) is 1.74. The van der Waals surface area contributed by atoms with Gasteiger partial charge in [-0.15, -0.1) is 0 Å². The SMILES string of the molecule is Fc1cc(NCC2CCCOC2)ccn1. The number of rotatable bonds is 3. The molecule has 2 heterocycles. The van der Waals surface area contributed by atoms with Gasteiger partial charge in [0.2, 0.25) is 5.95 Å². The predicted molar refractivity (Wildman–Crippen MR) is 56.2 cm³/mol. The van der Waals surface area contributed by atoms with Crippen LogP contribution in [0.5, 0.6) is 0 Å². The summed E-state index contributed by atoms with van der Waals surface area (Å²) in [5.41, 5.74) is 0.785. The maximum Gasteiger partial charge on any atom is 0.214 e. The Hall–Kier alpha value is -1.16. The van der Waals surface area contributed by atoms with Crippen molar-refractivity contribution >= 4 is 5.69 Å². The average Bonchev–Trinajstić information content (AvgIpc) is 2.28. The van der Waals surface area contributed by atoms with Crippen molar-refractivity contribution in [2.24, 2.45) is 5.92 Å². The van der Waals surface area contributed by atoms with E-state index in [1.165, 1.54) is 18.7 Å². The van der Waals surface area contributed by atoms with Crippen molar-refractivity contribution in [1.82, 2.24) is 4.98 Å². The van der Waals surface area contributed by atoms with Gasteiger partial charge in [-0.1, -0.05) is 0 Å². The maximum absolute atomic E-state index is 12.8. The molecule has 1 unspecified atom stereocenters. The average molecular weight is 210 g/mol. The van der Waals surface area contributed by atoms with Crippen LogP contribution in [0, 0.1) is 11.9 Å². The highest BCUT2D eigenvalue weighted by Crippen LogP contribution is 2.15. The third-order valence-corrected chi connectivity index (χ3v) is 2.58. The number of pyridine rings is 1. The van der Waals surface area contributed by atoms with Crippen LogP contribution in [-0.2, 0) is 4.74 Å². The first-order valence-corrected chi connectivity index (χ1v) is 5.28. The normalized spacial score (nSPS) is 21.3. The largest absolute Gasteiger partial charge is 0.385 e. The molecule has 2 rings (SSSR count). The number of anilines is 1. The van der Waals surface area contributed by atoms with Gasteiger partial charge in [-0.05, 0) is 24.8 Å². The van der Waals surface area contributed by atoms with Gasteiger partial charge < -0.3 is 10.1 Å². The number of hydrogen-bond donors (Lipinski definition) is 1. The Morgan fingerprint density at radius 1 is 1.60 bits per heavy atom. The van der Waals surface area contributed by atoms with E-state index in [1.54, 1.807) is 6.07 Å². The van der Waals surface area contributed by atoms with E-state index in [9.17, 15) is 4.39 Å². The lowest BCUT2D eigenvalue weighted by molar-refractivity contribution is 0.0595. The molecule has 1 N–H and O–H groups in total. The standard InChI is InChI=1S/C11H15FN2O/c12-11-6-10(3-4-13-11)14-7-9-2-1-5-15-8-9/h3-4,6,9H,1-2,5,7-8H2,(H,13,14). The van der Waals surface area contributed by atoms with Crippen LogP contribution >= 0.6 is 0 Å². The summed E-state index contributed by atoms with van der Waals surface area (Å²) in [6.07, 6.45) is 3.77. The Morgan fingerprint density at radius 2 is 2.53 bits per heavy atom. The molecule has 0 amide bonds. The van der Waals surface area contributed by atoms with Gasteiger partial charge in [0.15, 0.2) is 0 Å². The minimum atomic E-state index is -0.445. The molecular weight excluding hydrogens is 195 g/mol. The molecule has 0 aromatic carbocycles. The monoisotopic (exact) mass is 210 g/mol. The second kappa shape index (κ2) is 5.07. The second-order valence-electron chi connectivity index (χ2n) is 3.83. The van der Waals surface area contributed by atoms with Crippen molar-refractivity contribution in [2.75, 3.05) is 25.1 Å². The quantitative estimate of drug-likeness (QED) is 0.775. The topological polar surface area (TPSA) is 34.1 Å². The van der Waals surface area contributed by atoms with Gasteiger partial charge in [0.05, 0.1) is 6.61 Å². The van der Waals surface area contributed by atoms with Crippen LogP contribution in [-0.4, -0.2) is 24.7 Å². The van der Waals surface area contributed by atoms with Gasteiger partial charge in [0.25, 0.3) is 0 Å². The molecule has 1 saturated heterocycles. The Bertz CT molecular complexity index is 313. The summed E-state index contributed by atoms with van der Waals surface area (Å²) in [5, 5.41) is 3.20. The number of halogens is 1. The minimum Gasteiger partial charge on any atom is -0.385 e. The number of aromatic nitrogens is 1. The molecule has 4 heteroatoms. The molecular formula is C11H15FN2O. The Kier molecular flexibility index (Phi) is 3.50. The first kappa shape index (κ1) is 10.4. The molecule has 0 saturated carbocycles. The fraction of sp³-hybridized carbons (Fsp3) is 0.545. The zero-order valence-corrected chi connectivity index (χ0v) is 8.58. The first-order chi connectivity index (χ1) is 7.34. The van der Waals surface area contributed by atoms with Crippen molar-refractivity contribution in [1.29, 1.82) is 0 Å². The van der Waals surface area contributed by atoms with E-state index in [0.717, 1.165) is 31.9 Å². The van der Waals surface area contributed by atoms with Gasteiger partial charge in [-0.2, -0.15) is 4.39 Å². The van der Waals surface area contributed by atoms with Crippen molar-refractivity contribution in [2.45, 2.75) is 12.8 Å². The zero-order valence-electron chi connectivity index (χ0n) is 8.58. The maximum atomic E-state index is 12.8. The molecule has 1 aromatic heterocycles. The van der Waals surface area contributed by atoms with Crippen LogP contribution in [0.15, 0.2) is 18.3 Å². The van der Waals surface area contributed by atoms with E-state index in [0.29, 0.717) is 5.92 Å². The minimum absolute atomic E-state index is 0.445. The highest BCUT2D eigenvalue weighted by Gasteiger charge is 2.13. The van der Waals surface area contributed by atoms with Crippen molar-refractivity contribution in [3.63, 3.8) is 0 Å². The molecule has 82 valence electrons. The number of ether oxygens (including phenoxy) is 1. The van der Waals surface area contributed by atoms with Gasteiger partial charge in [0.1, 0.15) is 0 Å². The molecule has 0 radical (unpaired) electrons. The molecule has 3 nitrogen and oxygen atoms in total. The van der Waals surface area contributed by atoms with E-state index >= 15 is 0 Å². The number of nitrogens with zero attached hydrogens (tertiary/aromatic N) is 1. The van der Waals surface area contributed by atoms with Gasteiger partial charge in [-0.3, -0.25) is 0 Å². The van der Waals surface area contributed by atoms with Crippen LogP contribution in [0.2, 0.25) is 0 Å². The number of hydrogen-bond acceptors (Lipinski definition) is 3. The summed E-state index contributed by atoms with van der Waals surface area (Å²) in [5.74, 6) is 0.0925. The predicted octanol–water partition coefficient (Wildman–Crippen LogP) is 2.06. The summed E-state index contributed by atoms with van der Waals surface area (Å²) in [6, 6.07) is 3.18. The highest BCUT2D eigenvalue weighted by atomic mass is 19.1. The molecule has 15 heavy (non-hydrogen) atoms. The lowest BCUT2D eigenvalue weighted by Crippen LogP contribution is -2.24. The van der Waals surface area contributed by atoms with Crippen LogP contribution in [0.25, 0.3) is 0 Å². The summed E-state index contributed by atoms with van der Waals surface area (Å²) < 4.78 is 18.1. The molecule has 0 bridgehead atoms. The molecule has 1 aliphatic heterocycles. The third-order valence-electron chi connectivity index (χ3n) is 2.58. The summed E-state index contributed by atoms with van der Waals surface area (Å²) in [6.45, 7) is 2.52. The lowest BCUT2D eigenvalue weighted by Gasteiger charge is -2.22. The van der Waals surface area contributed by atoms with Crippen molar-refractivity contribution < 1.29 is 9.13 Å². The zero-order chi connectivity index (χ0) is 10.5. The molecule has 0 aliphatic carbocycles. The van der Waals surface area contributed by atoms with E-state index in [1.807, 2.05) is 0 Å². The Balaban J connectivity index is 1.81. The van der Waals surface area contributed by atoms with Crippen molar-refractivity contribution in [3.05, 3.63) is 24.3 Å². The van der Waals surface area contributed by atoms with Crippen LogP contribution in [0.4, 0.5) is 10.1 Å². The third kappa shape index (κ3) is 3.16. The van der Waals surface area contributed by atoms with Crippen molar-refractivity contribution in [3.8, 4) is 0 Å². The second-order valence-corrected chi connectivity index (χ2v) is 3.83. The van der Waals surface area contributed by atoms with E-state index in [2.05, 4.69) is 10.3 Å². The smallest absolute Gasteiger partial charge is 0.214 e.